The second kappa shape index (κ2) is 5.19. The lowest BCUT2D eigenvalue weighted by atomic mass is 9.94. The van der Waals surface area contributed by atoms with E-state index in [-0.39, 0.29) is 6.67 Å². The summed E-state index contributed by atoms with van der Waals surface area (Å²) in [5, 5.41) is 0. The minimum Gasteiger partial charge on any atom is -0.399 e. The third kappa shape index (κ3) is 2.65. The van der Waals surface area contributed by atoms with Crippen LogP contribution in [0, 0.1) is 5.92 Å². The molecule has 2 N–H and O–H groups in total. The van der Waals surface area contributed by atoms with Crippen molar-refractivity contribution >= 4 is 11.4 Å². The second-order valence-electron chi connectivity index (χ2n) is 4.50. The zero-order chi connectivity index (χ0) is 11.4. The van der Waals surface area contributed by atoms with E-state index in [1.165, 1.54) is 5.69 Å². The summed E-state index contributed by atoms with van der Waals surface area (Å²) in [4.78, 5) is 2.36. The molecule has 1 fully saturated rings. The van der Waals surface area contributed by atoms with Gasteiger partial charge in [0.05, 0.1) is 6.67 Å². The molecule has 1 aliphatic heterocycles. The van der Waals surface area contributed by atoms with Gasteiger partial charge in [0.2, 0.25) is 0 Å². The van der Waals surface area contributed by atoms with Crippen molar-refractivity contribution in [1.82, 2.24) is 0 Å². The minimum atomic E-state index is -0.174. The summed E-state index contributed by atoms with van der Waals surface area (Å²) in [6.07, 6.45) is 2.94. The zero-order valence-electron chi connectivity index (χ0n) is 9.53. The maximum Gasteiger partial charge on any atom is 0.0897 e. The Morgan fingerprint density at radius 2 is 1.81 bits per heavy atom. The summed E-state index contributed by atoms with van der Waals surface area (Å²) in [5.41, 5.74) is 7.69. The van der Waals surface area contributed by atoms with Gasteiger partial charge < -0.3 is 10.6 Å². The van der Waals surface area contributed by atoms with Crippen molar-refractivity contribution in [3.8, 4) is 0 Å². The number of hydrogen-bond acceptors (Lipinski definition) is 2. The first kappa shape index (κ1) is 11.2. The van der Waals surface area contributed by atoms with Crippen molar-refractivity contribution in [2.24, 2.45) is 5.92 Å². The van der Waals surface area contributed by atoms with Gasteiger partial charge in [-0.05, 0) is 49.4 Å². The summed E-state index contributed by atoms with van der Waals surface area (Å²) >= 11 is 0. The first-order valence-electron chi connectivity index (χ1n) is 5.96. The molecule has 0 unspecified atom stereocenters. The summed E-state index contributed by atoms with van der Waals surface area (Å²) in [6.45, 7) is 1.90. The average molecular weight is 222 g/mol. The molecule has 1 heterocycles. The molecular formula is C13H19FN2. The van der Waals surface area contributed by atoms with Crippen molar-refractivity contribution in [3.63, 3.8) is 0 Å². The number of nitrogen functional groups attached to an aromatic ring is 1. The summed E-state index contributed by atoms with van der Waals surface area (Å²) in [5.74, 6) is 0.579. The molecule has 0 atom stereocenters. The predicted molar refractivity (Wildman–Crippen MR) is 66.4 cm³/mol. The average Bonchev–Trinajstić information content (AvgIpc) is 2.32. The molecule has 2 nitrogen and oxygen atoms in total. The Morgan fingerprint density at radius 1 is 1.19 bits per heavy atom. The SMILES string of the molecule is Nc1ccc(N2CCC(CCF)CC2)cc1. The third-order valence-corrected chi connectivity index (χ3v) is 3.39. The van der Waals surface area contributed by atoms with Crippen LogP contribution in [0.2, 0.25) is 0 Å². The van der Waals surface area contributed by atoms with E-state index in [9.17, 15) is 4.39 Å². The van der Waals surface area contributed by atoms with E-state index in [2.05, 4.69) is 17.0 Å². The molecule has 88 valence electrons. The Bertz CT molecular complexity index is 315. The van der Waals surface area contributed by atoms with Gasteiger partial charge in [0, 0.05) is 24.5 Å². The van der Waals surface area contributed by atoms with Gasteiger partial charge in [0.25, 0.3) is 0 Å². The maximum absolute atomic E-state index is 12.2. The van der Waals surface area contributed by atoms with Crippen molar-refractivity contribution in [1.29, 1.82) is 0 Å². The number of rotatable bonds is 3. The van der Waals surface area contributed by atoms with Crippen LogP contribution in [0.4, 0.5) is 15.8 Å². The van der Waals surface area contributed by atoms with E-state index in [1.807, 2.05) is 12.1 Å². The Hall–Kier alpha value is -1.25. The highest BCUT2D eigenvalue weighted by atomic mass is 19.1. The molecule has 3 heteroatoms. The number of nitrogens with zero attached hydrogens (tertiary/aromatic N) is 1. The van der Waals surface area contributed by atoms with Crippen LogP contribution >= 0.6 is 0 Å². The fourth-order valence-electron chi connectivity index (χ4n) is 2.32. The number of hydrogen-bond donors (Lipinski definition) is 1. The smallest absolute Gasteiger partial charge is 0.0897 e. The number of alkyl halides is 1. The lowest BCUT2D eigenvalue weighted by Gasteiger charge is -2.33. The molecule has 1 aliphatic rings. The van der Waals surface area contributed by atoms with Crippen LogP contribution in [0.3, 0.4) is 0 Å². The topological polar surface area (TPSA) is 29.3 Å². The van der Waals surface area contributed by atoms with Gasteiger partial charge in [-0.3, -0.25) is 4.39 Å². The van der Waals surface area contributed by atoms with Crippen molar-refractivity contribution in [2.75, 3.05) is 30.4 Å². The summed E-state index contributed by atoms with van der Waals surface area (Å²) in [6, 6.07) is 7.99. The fourth-order valence-corrected chi connectivity index (χ4v) is 2.32. The second-order valence-corrected chi connectivity index (χ2v) is 4.50. The molecule has 1 saturated heterocycles. The summed E-state index contributed by atoms with van der Waals surface area (Å²) < 4.78 is 12.2. The van der Waals surface area contributed by atoms with Crippen LogP contribution in [0.15, 0.2) is 24.3 Å². The van der Waals surface area contributed by atoms with Gasteiger partial charge >= 0.3 is 0 Å². The standard InChI is InChI=1S/C13H19FN2/c14-8-5-11-6-9-16(10-7-11)13-3-1-12(15)2-4-13/h1-4,11H,5-10,15H2. The van der Waals surface area contributed by atoms with Gasteiger partial charge in [0.15, 0.2) is 0 Å². The van der Waals surface area contributed by atoms with E-state index in [0.29, 0.717) is 5.92 Å². The van der Waals surface area contributed by atoms with E-state index >= 15 is 0 Å². The Morgan fingerprint density at radius 3 is 2.38 bits per heavy atom. The first-order valence-corrected chi connectivity index (χ1v) is 5.96. The Balaban J connectivity index is 1.91. The molecule has 1 aromatic rings. The van der Waals surface area contributed by atoms with Gasteiger partial charge in [-0.15, -0.1) is 0 Å². The molecule has 16 heavy (non-hydrogen) atoms. The molecule has 0 spiro atoms. The van der Waals surface area contributed by atoms with E-state index in [0.717, 1.165) is 38.0 Å². The molecule has 1 aromatic carbocycles. The van der Waals surface area contributed by atoms with Gasteiger partial charge in [-0.1, -0.05) is 0 Å². The zero-order valence-corrected chi connectivity index (χ0v) is 9.53. The minimum absolute atomic E-state index is 0.174. The highest BCUT2D eigenvalue weighted by Gasteiger charge is 2.18. The van der Waals surface area contributed by atoms with Crippen LogP contribution in [0.5, 0.6) is 0 Å². The van der Waals surface area contributed by atoms with E-state index < -0.39 is 0 Å². The largest absolute Gasteiger partial charge is 0.399 e. The first-order chi connectivity index (χ1) is 7.79. The number of nitrogens with two attached hydrogens (primary N) is 1. The van der Waals surface area contributed by atoms with Crippen molar-refractivity contribution in [2.45, 2.75) is 19.3 Å². The number of anilines is 2. The number of benzene rings is 1. The quantitative estimate of drug-likeness (QED) is 0.797. The predicted octanol–water partition coefficient (Wildman–Crippen LogP) is 2.84. The Kier molecular flexibility index (Phi) is 3.65. The van der Waals surface area contributed by atoms with Gasteiger partial charge in [-0.25, -0.2) is 0 Å². The van der Waals surface area contributed by atoms with Crippen LogP contribution in [-0.4, -0.2) is 19.8 Å². The molecule has 0 aliphatic carbocycles. The molecule has 0 bridgehead atoms. The molecule has 0 saturated carbocycles. The number of halogens is 1. The normalized spacial score (nSPS) is 17.7. The molecule has 0 amide bonds. The highest BCUT2D eigenvalue weighted by molar-refractivity contribution is 5.53. The molecule has 0 radical (unpaired) electrons. The maximum atomic E-state index is 12.2. The van der Waals surface area contributed by atoms with Crippen molar-refractivity contribution in [3.05, 3.63) is 24.3 Å². The van der Waals surface area contributed by atoms with Crippen LogP contribution in [-0.2, 0) is 0 Å². The van der Waals surface area contributed by atoms with E-state index in [1.54, 1.807) is 0 Å². The third-order valence-electron chi connectivity index (χ3n) is 3.39. The van der Waals surface area contributed by atoms with Gasteiger partial charge in [0.1, 0.15) is 0 Å². The number of piperidine rings is 1. The monoisotopic (exact) mass is 222 g/mol. The van der Waals surface area contributed by atoms with Crippen LogP contribution in [0.1, 0.15) is 19.3 Å². The fraction of sp³-hybridized carbons (Fsp3) is 0.538. The highest BCUT2D eigenvalue weighted by Crippen LogP contribution is 2.25. The molecular weight excluding hydrogens is 203 g/mol. The van der Waals surface area contributed by atoms with Crippen molar-refractivity contribution < 1.29 is 4.39 Å². The molecule has 0 aromatic heterocycles. The lowest BCUT2D eigenvalue weighted by Crippen LogP contribution is -2.33. The van der Waals surface area contributed by atoms with Crippen LogP contribution in [0.25, 0.3) is 0 Å². The Labute approximate surface area is 96.2 Å². The molecule has 2 rings (SSSR count). The summed E-state index contributed by atoms with van der Waals surface area (Å²) in [7, 11) is 0. The van der Waals surface area contributed by atoms with Gasteiger partial charge in [-0.2, -0.15) is 0 Å². The lowest BCUT2D eigenvalue weighted by molar-refractivity contribution is 0.332. The van der Waals surface area contributed by atoms with Crippen LogP contribution < -0.4 is 10.6 Å². The van der Waals surface area contributed by atoms with E-state index in [4.69, 9.17) is 5.73 Å².